The summed E-state index contributed by atoms with van der Waals surface area (Å²) in [7, 11) is 0. The summed E-state index contributed by atoms with van der Waals surface area (Å²) in [5, 5.41) is 8.65. The van der Waals surface area contributed by atoms with E-state index in [9.17, 15) is 0 Å². The molecule has 0 heterocycles. The first-order chi connectivity index (χ1) is 8.75. The number of aryl methyl sites for hydroxylation is 1. The van der Waals surface area contributed by atoms with Gasteiger partial charge in [-0.2, -0.15) is 10.2 Å². The molecule has 18 heavy (non-hydrogen) atoms. The van der Waals surface area contributed by atoms with E-state index in [1.54, 1.807) is 12.4 Å². The van der Waals surface area contributed by atoms with E-state index in [-0.39, 0.29) is 0 Å². The zero-order valence-electron chi connectivity index (χ0n) is 10.0. The minimum atomic E-state index is 0.673. The van der Waals surface area contributed by atoms with Crippen LogP contribution in [0.2, 0.25) is 5.02 Å². The molecule has 0 aliphatic carbocycles. The van der Waals surface area contributed by atoms with Crippen molar-refractivity contribution in [1.29, 1.82) is 0 Å². The molecular weight excluding hydrogens is 244 g/mol. The molecule has 0 fully saturated rings. The van der Waals surface area contributed by atoms with Gasteiger partial charge < -0.3 is 0 Å². The predicted molar refractivity (Wildman–Crippen MR) is 77.8 cm³/mol. The lowest BCUT2D eigenvalue weighted by Gasteiger charge is -1.94. The second-order valence-corrected chi connectivity index (χ2v) is 4.33. The van der Waals surface area contributed by atoms with Gasteiger partial charge in [0.25, 0.3) is 0 Å². The third-order valence-electron chi connectivity index (χ3n) is 2.45. The van der Waals surface area contributed by atoms with Crippen LogP contribution in [0.4, 0.5) is 0 Å². The highest BCUT2D eigenvalue weighted by Crippen LogP contribution is 2.12. The van der Waals surface area contributed by atoms with Gasteiger partial charge >= 0.3 is 0 Å². The molecule has 2 aromatic rings. The SMILES string of the molecule is Cc1ccc(C=NN=Cc2ccccc2Cl)cc1. The topological polar surface area (TPSA) is 24.7 Å². The van der Waals surface area contributed by atoms with Crippen LogP contribution in [0.5, 0.6) is 0 Å². The van der Waals surface area contributed by atoms with E-state index in [4.69, 9.17) is 11.6 Å². The average molecular weight is 257 g/mol. The summed E-state index contributed by atoms with van der Waals surface area (Å²) in [6.07, 6.45) is 3.36. The molecule has 0 amide bonds. The van der Waals surface area contributed by atoms with Crippen molar-refractivity contribution in [2.24, 2.45) is 10.2 Å². The first kappa shape index (κ1) is 12.5. The highest BCUT2D eigenvalue weighted by Gasteiger charge is 1.92. The second-order valence-electron chi connectivity index (χ2n) is 3.92. The Hall–Kier alpha value is -1.93. The van der Waals surface area contributed by atoms with Crippen molar-refractivity contribution >= 4 is 24.0 Å². The summed E-state index contributed by atoms with van der Waals surface area (Å²) in [6.45, 7) is 2.05. The Balaban J connectivity index is 2.03. The normalized spacial score (nSPS) is 11.4. The number of hydrogen-bond acceptors (Lipinski definition) is 2. The molecule has 0 saturated carbocycles. The Morgan fingerprint density at radius 1 is 0.889 bits per heavy atom. The zero-order chi connectivity index (χ0) is 12.8. The maximum Gasteiger partial charge on any atom is 0.0583 e. The average Bonchev–Trinajstić information content (AvgIpc) is 2.39. The van der Waals surface area contributed by atoms with Crippen LogP contribution in [0.25, 0.3) is 0 Å². The highest BCUT2D eigenvalue weighted by molar-refractivity contribution is 6.33. The fourth-order valence-corrected chi connectivity index (χ4v) is 1.61. The van der Waals surface area contributed by atoms with Gasteiger partial charge in [-0.15, -0.1) is 0 Å². The van der Waals surface area contributed by atoms with E-state index in [0.29, 0.717) is 5.02 Å². The van der Waals surface area contributed by atoms with Gasteiger partial charge in [-0.1, -0.05) is 59.6 Å². The van der Waals surface area contributed by atoms with Gasteiger partial charge in [0.05, 0.1) is 12.4 Å². The predicted octanol–water partition coefficient (Wildman–Crippen LogP) is 4.10. The molecule has 0 unspecified atom stereocenters. The minimum absolute atomic E-state index is 0.673. The molecule has 3 heteroatoms. The molecular formula is C15H13ClN2. The van der Waals surface area contributed by atoms with Gasteiger partial charge in [-0.05, 0) is 18.6 Å². The Morgan fingerprint density at radius 2 is 1.56 bits per heavy atom. The van der Waals surface area contributed by atoms with Crippen LogP contribution in [0.15, 0.2) is 58.7 Å². The van der Waals surface area contributed by atoms with Crippen LogP contribution in [-0.4, -0.2) is 12.4 Å². The molecule has 0 radical (unpaired) electrons. The Morgan fingerprint density at radius 3 is 2.28 bits per heavy atom. The minimum Gasteiger partial charge on any atom is -0.159 e. The molecule has 2 nitrogen and oxygen atoms in total. The fourth-order valence-electron chi connectivity index (χ4n) is 1.43. The van der Waals surface area contributed by atoms with Crippen LogP contribution < -0.4 is 0 Å². The lowest BCUT2D eigenvalue weighted by Crippen LogP contribution is -1.82. The molecule has 2 aromatic carbocycles. The Labute approximate surface area is 112 Å². The van der Waals surface area contributed by atoms with Crippen LogP contribution >= 0.6 is 11.6 Å². The third kappa shape index (κ3) is 3.54. The number of benzene rings is 2. The number of halogens is 1. The molecule has 0 bridgehead atoms. The van der Waals surface area contributed by atoms with E-state index in [0.717, 1.165) is 11.1 Å². The van der Waals surface area contributed by atoms with Crippen molar-refractivity contribution in [3.05, 3.63) is 70.2 Å². The quantitative estimate of drug-likeness (QED) is 0.583. The van der Waals surface area contributed by atoms with Crippen molar-refractivity contribution in [3.8, 4) is 0 Å². The molecule has 0 aliphatic rings. The number of rotatable bonds is 3. The van der Waals surface area contributed by atoms with Crippen LogP contribution in [-0.2, 0) is 0 Å². The smallest absolute Gasteiger partial charge is 0.0583 e. The summed E-state index contributed by atoms with van der Waals surface area (Å²) in [4.78, 5) is 0. The lowest BCUT2D eigenvalue weighted by atomic mass is 10.2. The monoisotopic (exact) mass is 256 g/mol. The fraction of sp³-hybridized carbons (Fsp3) is 0.0667. The summed E-state index contributed by atoms with van der Waals surface area (Å²) >= 11 is 5.99. The molecule has 0 spiro atoms. The van der Waals surface area contributed by atoms with Crippen molar-refractivity contribution in [2.75, 3.05) is 0 Å². The van der Waals surface area contributed by atoms with Crippen molar-refractivity contribution in [3.63, 3.8) is 0 Å². The molecule has 90 valence electrons. The van der Waals surface area contributed by atoms with Crippen LogP contribution in [0, 0.1) is 6.92 Å². The molecule has 0 atom stereocenters. The third-order valence-corrected chi connectivity index (χ3v) is 2.80. The highest BCUT2D eigenvalue weighted by atomic mass is 35.5. The first-order valence-corrected chi connectivity index (χ1v) is 6.01. The standard InChI is InChI=1S/C15H13ClN2/c1-12-6-8-13(9-7-12)10-17-18-11-14-4-2-3-5-15(14)16/h2-11H,1H3. The van der Waals surface area contributed by atoms with Gasteiger partial charge in [0, 0.05) is 10.6 Å². The maximum absolute atomic E-state index is 5.99. The van der Waals surface area contributed by atoms with E-state index >= 15 is 0 Å². The summed E-state index contributed by atoms with van der Waals surface area (Å²) in [5.74, 6) is 0. The van der Waals surface area contributed by atoms with Crippen molar-refractivity contribution < 1.29 is 0 Å². The largest absolute Gasteiger partial charge is 0.159 e. The number of nitrogens with zero attached hydrogens (tertiary/aromatic N) is 2. The number of hydrogen-bond donors (Lipinski definition) is 0. The lowest BCUT2D eigenvalue weighted by molar-refractivity contribution is 1.26. The van der Waals surface area contributed by atoms with Gasteiger partial charge in [0.15, 0.2) is 0 Å². The van der Waals surface area contributed by atoms with Crippen molar-refractivity contribution in [1.82, 2.24) is 0 Å². The van der Waals surface area contributed by atoms with E-state index in [1.807, 2.05) is 48.5 Å². The molecule has 0 saturated heterocycles. The van der Waals surface area contributed by atoms with E-state index < -0.39 is 0 Å². The summed E-state index contributed by atoms with van der Waals surface area (Å²) < 4.78 is 0. The van der Waals surface area contributed by atoms with Gasteiger partial charge in [-0.25, -0.2) is 0 Å². The van der Waals surface area contributed by atoms with Crippen LogP contribution in [0.3, 0.4) is 0 Å². The van der Waals surface area contributed by atoms with Gasteiger partial charge in [0.2, 0.25) is 0 Å². The zero-order valence-corrected chi connectivity index (χ0v) is 10.8. The van der Waals surface area contributed by atoms with Gasteiger partial charge in [-0.3, -0.25) is 0 Å². The molecule has 0 aromatic heterocycles. The summed E-state index contributed by atoms with van der Waals surface area (Å²) in [5.41, 5.74) is 3.11. The Kier molecular flexibility index (Phi) is 4.26. The van der Waals surface area contributed by atoms with E-state index in [2.05, 4.69) is 17.1 Å². The molecule has 0 aliphatic heterocycles. The maximum atomic E-state index is 5.99. The summed E-state index contributed by atoms with van der Waals surface area (Å²) in [6, 6.07) is 15.6. The molecule has 0 N–H and O–H groups in total. The molecule has 2 rings (SSSR count). The van der Waals surface area contributed by atoms with E-state index in [1.165, 1.54) is 5.56 Å². The van der Waals surface area contributed by atoms with Crippen LogP contribution in [0.1, 0.15) is 16.7 Å². The van der Waals surface area contributed by atoms with Gasteiger partial charge in [0.1, 0.15) is 0 Å². The Bertz CT molecular complexity index is 571. The second kappa shape index (κ2) is 6.12. The first-order valence-electron chi connectivity index (χ1n) is 5.63. The van der Waals surface area contributed by atoms with Crippen molar-refractivity contribution in [2.45, 2.75) is 6.92 Å².